The normalized spacial score (nSPS) is 24.8. The first-order chi connectivity index (χ1) is 17.3. The molecule has 2 fully saturated rings. The highest BCUT2D eigenvalue weighted by Crippen LogP contribution is 2.35. The van der Waals surface area contributed by atoms with Gasteiger partial charge in [0.2, 0.25) is 0 Å². The van der Waals surface area contributed by atoms with Gasteiger partial charge in [0, 0.05) is 29.7 Å². The smallest absolute Gasteiger partial charge is 0.427 e. The van der Waals surface area contributed by atoms with Crippen LogP contribution in [0.1, 0.15) is 64.9 Å². The van der Waals surface area contributed by atoms with Gasteiger partial charge in [-0.15, -0.1) is 0 Å². The molecule has 4 heterocycles. The van der Waals surface area contributed by atoms with E-state index in [1.54, 1.807) is 26.8 Å². The van der Waals surface area contributed by atoms with Crippen LogP contribution in [0.2, 0.25) is 0 Å². The van der Waals surface area contributed by atoms with Crippen LogP contribution in [0.4, 0.5) is 10.5 Å². The zero-order chi connectivity index (χ0) is 25.3. The third-order valence-corrected chi connectivity index (χ3v) is 7.20. The number of allylic oxidation sites excluding steroid dienone is 1. The molecule has 0 spiro atoms. The van der Waals surface area contributed by atoms with Crippen LogP contribution in [0.3, 0.4) is 0 Å². The molecule has 36 heavy (non-hydrogen) atoms. The first kappa shape index (κ1) is 25.3. The second kappa shape index (κ2) is 10.6. The second-order valence-corrected chi connectivity index (χ2v) is 11.2. The highest BCUT2D eigenvalue weighted by Gasteiger charge is 2.31. The van der Waals surface area contributed by atoms with Gasteiger partial charge in [0.1, 0.15) is 11.3 Å². The number of azo groups is 1. The summed E-state index contributed by atoms with van der Waals surface area (Å²) in [6.45, 7) is 7.69. The number of halogens is 1. The molecule has 1 saturated carbocycles. The zero-order valence-electron chi connectivity index (χ0n) is 21.2. The van der Waals surface area contributed by atoms with E-state index in [4.69, 9.17) is 30.6 Å². The molecule has 196 valence electrons. The summed E-state index contributed by atoms with van der Waals surface area (Å²) in [4.78, 5) is 21.6. The van der Waals surface area contributed by atoms with Gasteiger partial charge in [0.15, 0.2) is 0 Å². The Bertz CT molecular complexity index is 1150. The molecule has 1 N–H and O–H groups in total. The lowest BCUT2D eigenvalue weighted by Gasteiger charge is -2.33. The molecular formula is C26H35ClN4O5. The Morgan fingerprint density at radius 3 is 2.58 bits per heavy atom. The summed E-state index contributed by atoms with van der Waals surface area (Å²) in [7, 11) is 0. The number of carbonyl (C=O) groups is 1. The standard InChI is InChI=1S/C26H35ClN4O5/c1-26(2,3)35-25(32)36-31-11-8-17(27)14-21-24(31)20-15-28-30-22(23(20)29-21)16-4-6-18(7-5-16)34-19-9-12-33-13-10-19/h8,14,16,18-19,29H,4-7,9-13,15H2,1-3H3/t16-,18+. The highest BCUT2D eigenvalue weighted by atomic mass is 35.5. The number of aromatic amines is 1. The summed E-state index contributed by atoms with van der Waals surface area (Å²) in [6, 6.07) is 0. The first-order valence-electron chi connectivity index (χ1n) is 12.9. The molecular weight excluding hydrogens is 484 g/mol. The number of hydroxylamine groups is 1. The topological polar surface area (TPSA) is 97.7 Å². The lowest BCUT2D eigenvalue weighted by atomic mass is 9.84. The monoisotopic (exact) mass is 518 g/mol. The molecule has 3 aliphatic heterocycles. The predicted octanol–water partition coefficient (Wildman–Crippen LogP) is 4.43. The van der Waals surface area contributed by atoms with E-state index in [0.717, 1.165) is 79.4 Å². The van der Waals surface area contributed by atoms with E-state index in [0.29, 0.717) is 30.3 Å². The number of carbonyl (C=O) groups excluding carboxylic acids is 1. The minimum atomic E-state index is -0.765. The molecule has 0 bridgehead atoms. The highest BCUT2D eigenvalue weighted by molar-refractivity contribution is 6.34. The van der Waals surface area contributed by atoms with Crippen LogP contribution in [0, 0.1) is 5.92 Å². The van der Waals surface area contributed by atoms with Crippen molar-refractivity contribution in [3.8, 4) is 0 Å². The molecule has 0 amide bonds. The van der Waals surface area contributed by atoms with Crippen molar-refractivity contribution in [1.29, 1.82) is 0 Å². The maximum atomic E-state index is 12.5. The number of fused-ring (bicyclic) bond motifs is 3. The van der Waals surface area contributed by atoms with Crippen LogP contribution in [-0.2, 0) is 25.6 Å². The van der Waals surface area contributed by atoms with Gasteiger partial charge >= 0.3 is 6.16 Å². The number of aromatic nitrogens is 1. The average Bonchev–Trinajstić information content (AvgIpc) is 3.12. The average molecular weight is 519 g/mol. The van der Waals surface area contributed by atoms with Gasteiger partial charge in [-0.2, -0.15) is 15.3 Å². The molecule has 0 aromatic carbocycles. The number of hydrogen-bond acceptors (Lipinski definition) is 8. The van der Waals surface area contributed by atoms with Gasteiger partial charge in [-0.25, -0.2) is 4.79 Å². The molecule has 1 aromatic rings. The maximum absolute atomic E-state index is 12.5. The summed E-state index contributed by atoms with van der Waals surface area (Å²) in [5.41, 5.74) is 2.00. The lowest BCUT2D eigenvalue weighted by molar-refractivity contribution is -0.0801. The van der Waals surface area contributed by atoms with E-state index in [-0.39, 0.29) is 5.92 Å². The van der Waals surface area contributed by atoms with Crippen LogP contribution in [0.15, 0.2) is 21.3 Å². The number of nitrogens with zero attached hydrogens (tertiary/aromatic N) is 3. The number of H-pyrrole nitrogens is 1. The summed E-state index contributed by atoms with van der Waals surface area (Å²) in [6.07, 6.45) is 9.46. The van der Waals surface area contributed by atoms with Crippen molar-refractivity contribution < 1.29 is 23.8 Å². The van der Waals surface area contributed by atoms with Crippen molar-refractivity contribution >= 4 is 35.2 Å². The fraction of sp³-hybridized carbons (Fsp3) is 0.654. The van der Waals surface area contributed by atoms with Crippen LogP contribution in [0.25, 0.3) is 11.8 Å². The zero-order valence-corrected chi connectivity index (χ0v) is 22.0. The van der Waals surface area contributed by atoms with E-state index in [1.165, 1.54) is 5.06 Å². The number of anilines is 1. The van der Waals surface area contributed by atoms with Gasteiger partial charge in [0.25, 0.3) is 0 Å². The molecule has 10 heteroatoms. The summed E-state index contributed by atoms with van der Waals surface area (Å²) < 4.78 is 17.2. The Hall–Kier alpha value is -2.36. The molecule has 5 rings (SSSR count). The molecule has 1 saturated heterocycles. The third-order valence-electron chi connectivity index (χ3n) is 6.94. The number of rotatable bonds is 4. The maximum Gasteiger partial charge on any atom is 0.533 e. The van der Waals surface area contributed by atoms with Crippen molar-refractivity contribution in [2.45, 2.75) is 83.6 Å². The van der Waals surface area contributed by atoms with Crippen molar-refractivity contribution in [3.63, 3.8) is 0 Å². The predicted molar refractivity (Wildman–Crippen MR) is 136 cm³/mol. The van der Waals surface area contributed by atoms with Gasteiger partial charge in [-0.3, -0.25) is 0 Å². The molecule has 0 unspecified atom stereocenters. The van der Waals surface area contributed by atoms with E-state index < -0.39 is 11.8 Å². The van der Waals surface area contributed by atoms with E-state index in [1.807, 2.05) is 6.08 Å². The molecule has 0 atom stereocenters. The minimum Gasteiger partial charge on any atom is -0.427 e. The number of hydrogen-bond donors (Lipinski definition) is 1. The summed E-state index contributed by atoms with van der Waals surface area (Å²) >= 11 is 6.41. The summed E-state index contributed by atoms with van der Waals surface area (Å²) in [5, 5.41) is 12.9. The molecule has 9 nitrogen and oxygen atoms in total. The Labute approximate surface area is 216 Å². The molecule has 1 aliphatic carbocycles. The Balaban J connectivity index is 1.38. The number of ether oxygens (including phenoxy) is 3. The largest absolute Gasteiger partial charge is 0.533 e. The van der Waals surface area contributed by atoms with Crippen molar-refractivity contribution in [2.75, 3.05) is 24.8 Å². The third kappa shape index (κ3) is 5.79. The van der Waals surface area contributed by atoms with Crippen LogP contribution in [-0.4, -0.2) is 48.7 Å². The molecule has 4 aliphatic rings. The van der Waals surface area contributed by atoms with E-state index >= 15 is 0 Å². The van der Waals surface area contributed by atoms with Gasteiger partial charge in [0.05, 0.1) is 41.7 Å². The summed E-state index contributed by atoms with van der Waals surface area (Å²) in [5.74, 6) is 0.288. The van der Waals surface area contributed by atoms with Crippen molar-refractivity contribution in [3.05, 3.63) is 27.4 Å². The molecule has 0 radical (unpaired) electrons. The number of nitrogens with one attached hydrogen (secondary N) is 1. The van der Waals surface area contributed by atoms with Gasteiger partial charge < -0.3 is 24.0 Å². The SMILES string of the molecule is CC(C)(C)OC(=O)ON1CC=C(Cl)C=c2[nH]c3c(c21)CN=NC=3[C@H]1CC[C@@H](OC2CCOCC2)CC1. The van der Waals surface area contributed by atoms with Crippen LogP contribution < -0.4 is 15.8 Å². The van der Waals surface area contributed by atoms with Gasteiger partial charge in [-0.05, 0) is 71.4 Å². The minimum absolute atomic E-state index is 0.288. The quantitative estimate of drug-likeness (QED) is 0.592. The van der Waals surface area contributed by atoms with Crippen LogP contribution in [0.5, 0.6) is 0 Å². The van der Waals surface area contributed by atoms with Gasteiger partial charge in [-0.1, -0.05) is 11.6 Å². The van der Waals surface area contributed by atoms with Crippen molar-refractivity contribution in [2.24, 2.45) is 16.1 Å². The Morgan fingerprint density at radius 1 is 1.14 bits per heavy atom. The Kier molecular flexibility index (Phi) is 7.42. The van der Waals surface area contributed by atoms with E-state index in [9.17, 15) is 4.79 Å². The fourth-order valence-electron chi connectivity index (χ4n) is 5.29. The second-order valence-electron chi connectivity index (χ2n) is 10.8. The van der Waals surface area contributed by atoms with Crippen LogP contribution >= 0.6 is 11.6 Å². The molecule has 1 aromatic heterocycles. The lowest BCUT2D eigenvalue weighted by Crippen LogP contribution is -2.34. The fourth-order valence-corrected chi connectivity index (χ4v) is 5.46. The Morgan fingerprint density at radius 2 is 1.86 bits per heavy atom. The van der Waals surface area contributed by atoms with E-state index in [2.05, 4.69) is 15.2 Å². The first-order valence-corrected chi connectivity index (χ1v) is 13.3. The van der Waals surface area contributed by atoms with Crippen molar-refractivity contribution in [1.82, 2.24) is 4.98 Å².